The lowest BCUT2D eigenvalue weighted by Crippen LogP contribution is -2.50. The van der Waals surface area contributed by atoms with Crippen molar-refractivity contribution in [2.45, 2.75) is 33.0 Å². The molecular weight excluding hydrogens is 332 g/mol. The summed E-state index contributed by atoms with van der Waals surface area (Å²) in [4.78, 5) is 24.5. The number of nitrogens with one attached hydrogen (secondary N) is 2. The Morgan fingerprint density at radius 1 is 1.00 bits per heavy atom. The zero-order valence-electron chi connectivity index (χ0n) is 15.0. The van der Waals surface area contributed by atoms with Crippen molar-refractivity contribution in [1.82, 2.24) is 5.32 Å². The van der Waals surface area contributed by atoms with E-state index in [1.807, 2.05) is 44.2 Å². The fourth-order valence-corrected chi connectivity index (χ4v) is 2.76. The van der Waals surface area contributed by atoms with Crippen LogP contribution in [-0.4, -0.2) is 30.6 Å². The van der Waals surface area contributed by atoms with E-state index in [9.17, 15) is 9.59 Å². The monoisotopic (exact) mass is 354 g/mol. The van der Waals surface area contributed by atoms with Crippen LogP contribution < -0.4 is 20.1 Å². The second-order valence-electron chi connectivity index (χ2n) is 6.32. The van der Waals surface area contributed by atoms with Gasteiger partial charge in [0, 0.05) is 5.69 Å². The van der Waals surface area contributed by atoms with Gasteiger partial charge in [-0.1, -0.05) is 24.3 Å². The smallest absolute Gasteiger partial charge is 0.265 e. The van der Waals surface area contributed by atoms with Crippen LogP contribution in [0.2, 0.25) is 0 Å². The highest BCUT2D eigenvalue weighted by molar-refractivity contribution is 5.96. The number of hydrogen-bond acceptors (Lipinski definition) is 4. The molecule has 3 rings (SSSR count). The molecule has 136 valence electrons. The van der Waals surface area contributed by atoms with Crippen LogP contribution in [0.1, 0.15) is 18.1 Å². The minimum atomic E-state index is -0.807. The highest BCUT2D eigenvalue weighted by Gasteiger charge is 2.34. The summed E-state index contributed by atoms with van der Waals surface area (Å²) in [6.07, 6.45) is -1.26. The average molecular weight is 354 g/mol. The van der Waals surface area contributed by atoms with Gasteiger partial charge in [-0.15, -0.1) is 0 Å². The fraction of sp³-hybridized carbons (Fsp3) is 0.300. The maximum absolute atomic E-state index is 12.4. The Labute approximate surface area is 152 Å². The molecule has 2 aromatic carbocycles. The van der Waals surface area contributed by atoms with E-state index in [0.29, 0.717) is 11.5 Å². The van der Waals surface area contributed by atoms with Crippen LogP contribution in [0, 0.1) is 13.8 Å². The predicted octanol–water partition coefficient (Wildman–Crippen LogP) is 2.59. The highest BCUT2D eigenvalue weighted by Crippen LogP contribution is 2.33. The molecule has 6 heteroatoms. The van der Waals surface area contributed by atoms with Gasteiger partial charge in [0.1, 0.15) is 6.10 Å². The first kappa shape index (κ1) is 17.8. The Morgan fingerprint density at radius 2 is 1.69 bits per heavy atom. The van der Waals surface area contributed by atoms with Gasteiger partial charge in [-0.2, -0.15) is 0 Å². The normalized spacial score (nSPS) is 18.1. The van der Waals surface area contributed by atoms with Gasteiger partial charge >= 0.3 is 0 Å². The molecule has 6 nitrogen and oxygen atoms in total. The molecule has 0 unspecified atom stereocenters. The molecule has 0 fully saturated rings. The SMILES string of the molecule is Cc1cccc(NC(=O)CNC(=O)[C@@H]2Oc3ccccc3O[C@H]2C)c1C. The van der Waals surface area contributed by atoms with Crippen LogP contribution in [0.15, 0.2) is 42.5 Å². The lowest BCUT2D eigenvalue weighted by Gasteiger charge is -2.30. The molecule has 0 saturated carbocycles. The Balaban J connectivity index is 1.57. The summed E-state index contributed by atoms with van der Waals surface area (Å²) in [6.45, 7) is 5.54. The van der Waals surface area contributed by atoms with Crippen molar-refractivity contribution in [3.05, 3.63) is 53.6 Å². The number of para-hydroxylation sites is 2. The van der Waals surface area contributed by atoms with Crippen LogP contribution in [0.25, 0.3) is 0 Å². The molecule has 1 heterocycles. The van der Waals surface area contributed by atoms with Gasteiger partial charge in [-0.05, 0) is 50.1 Å². The molecule has 0 radical (unpaired) electrons. The highest BCUT2D eigenvalue weighted by atomic mass is 16.6. The average Bonchev–Trinajstić information content (AvgIpc) is 2.63. The second-order valence-corrected chi connectivity index (χ2v) is 6.32. The first-order valence-corrected chi connectivity index (χ1v) is 8.52. The fourth-order valence-electron chi connectivity index (χ4n) is 2.76. The Kier molecular flexibility index (Phi) is 5.11. The van der Waals surface area contributed by atoms with E-state index in [2.05, 4.69) is 10.6 Å². The molecule has 0 aliphatic carbocycles. The van der Waals surface area contributed by atoms with E-state index in [1.54, 1.807) is 19.1 Å². The maximum Gasteiger partial charge on any atom is 0.265 e. The molecule has 0 spiro atoms. The van der Waals surface area contributed by atoms with Crippen molar-refractivity contribution in [3.8, 4) is 11.5 Å². The minimum absolute atomic E-state index is 0.138. The van der Waals surface area contributed by atoms with Crippen molar-refractivity contribution >= 4 is 17.5 Å². The van der Waals surface area contributed by atoms with E-state index in [4.69, 9.17) is 9.47 Å². The van der Waals surface area contributed by atoms with E-state index in [-0.39, 0.29) is 18.4 Å². The number of fused-ring (bicyclic) bond motifs is 1. The standard InChI is InChI=1S/C20H22N2O4/c1-12-7-6-8-15(13(12)2)22-18(23)11-21-20(24)19-14(3)25-16-9-4-5-10-17(16)26-19/h4-10,14,19H,11H2,1-3H3,(H,21,24)(H,22,23)/t14-,19+/m0/s1. The van der Waals surface area contributed by atoms with E-state index >= 15 is 0 Å². The third kappa shape index (κ3) is 3.79. The van der Waals surface area contributed by atoms with Crippen molar-refractivity contribution in [2.75, 3.05) is 11.9 Å². The largest absolute Gasteiger partial charge is 0.482 e. The molecule has 26 heavy (non-hydrogen) atoms. The van der Waals surface area contributed by atoms with Crippen LogP contribution in [0.4, 0.5) is 5.69 Å². The lowest BCUT2D eigenvalue weighted by atomic mass is 10.1. The summed E-state index contributed by atoms with van der Waals surface area (Å²) in [5, 5.41) is 5.42. The number of carbonyl (C=O) groups excluding carboxylic acids is 2. The molecule has 2 N–H and O–H groups in total. The Bertz CT molecular complexity index is 834. The number of aryl methyl sites for hydroxylation is 1. The van der Waals surface area contributed by atoms with Crippen LogP contribution in [0.3, 0.4) is 0 Å². The quantitative estimate of drug-likeness (QED) is 0.885. The molecule has 2 aromatic rings. The van der Waals surface area contributed by atoms with E-state index < -0.39 is 12.2 Å². The summed E-state index contributed by atoms with van der Waals surface area (Å²) in [5.41, 5.74) is 2.83. The summed E-state index contributed by atoms with van der Waals surface area (Å²) in [5.74, 6) is 0.447. The van der Waals surface area contributed by atoms with Gasteiger partial charge in [0.2, 0.25) is 12.0 Å². The van der Waals surface area contributed by atoms with Gasteiger partial charge in [0.05, 0.1) is 6.54 Å². The third-order valence-electron chi connectivity index (χ3n) is 4.40. The number of carbonyl (C=O) groups is 2. The van der Waals surface area contributed by atoms with Crippen LogP contribution >= 0.6 is 0 Å². The molecule has 2 atom stereocenters. The molecular formula is C20H22N2O4. The third-order valence-corrected chi connectivity index (χ3v) is 4.40. The second kappa shape index (κ2) is 7.47. The van der Waals surface area contributed by atoms with Gasteiger partial charge in [-0.25, -0.2) is 0 Å². The minimum Gasteiger partial charge on any atom is -0.482 e. The number of ether oxygens (including phenoxy) is 2. The number of rotatable bonds is 4. The summed E-state index contributed by atoms with van der Waals surface area (Å²) < 4.78 is 11.4. The van der Waals surface area contributed by atoms with Crippen molar-refractivity contribution < 1.29 is 19.1 Å². The zero-order chi connectivity index (χ0) is 18.7. The molecule has 1 aliphatic rings. The maximum atomic E-state index is 12.4. The van der Waals surface area contributed by atoms with E-state index in [0.717, 1.165) is 16.8 Å². The molecule has 1 aliphatic heterocycles. The predicted molar refractivity (Wildman–Crippen MR) is 98.5 cm³/mol. The van der Waals surface area contributed by atoms with Gasteiger partial charge < -0.3 is 20.1 Å². The Morgan fingerprint density at radius 3 is 2.42 bits per heavy atom. The number of anilines is 1. The summed E-state index contributed by atoms with van der Waals surface area (Å²) in [6, 6.07) is 12.9. The van der Waals surface area contributed by atoms with Crippen molar-refractivity contribution in [3.63, 3.8) is 0 Å². The zero-order valence-corrected chi connectivity index (χ0v) is 15.0. The van der Waals surface area contributed by atoms with Gasteiger partial charge in [0.25, 0.3) is 5.91 Å². The van der Waals surface area contributed by atoms with Crippen molar-refractivity contribution in [1.29, 1.82) is 0 Å². The number of benzene rings is 2. The molecule has 0 bridgehead atoms. The molecule has 0 saturated heterocycles. The molecule has 2 amide bonds. The van der Waals surface area contributed by atoms with Crippen LogP contribution in [0.5, 0.6) is 11.5 Å². The van der Waals surface area contributed by atoms with Crippen LogP contribution in [-0.2, 0) is 9.59 Å². The first-order chi connectivity index (χ1) is 12.5. The molecule has 0 aromatic heterocycles. The first-order valence-electron chi connectivity index (χ1n) is 8.52. The number of hydrogen-bond donors (Lipinski definition) is 2. The Hall–Kier alpha value is -3.02. The van der Waals surface area contributed by atoms with Gasteiger partial charge in [0.15, 0.2) is 11.5 Å². The van der Waals surface area contributed by atoms with Gasteiger partial charge in [-0.3, -0.25) is 9.59 Å². The lowest BCUT2D eigenvalue weighted by molar-refractivity contribution is -0.134. The van der Waals surface area contributed by atoms with Crippen molar-refractivity contribution in [2.24, 2.45) is 0 Å². The number of amides is 2. The topological polar surface area (TPSA) is 76.7 Å². The van der Waals surface area contributed by atoms with E-state index in [1.165, 1.54) is 0 Å². The summed E-state index contributed by atoms with van der Waals surface area (Å²) in [7, 11) is 0. The summed E-state index contributed by atoms with van der Waals surface area (Å²) >= 11 is 0.